The van der Waals surface area contributed by atoms with Gasteiger partial charge in [-0.25, -0.2) is 0 Å². The highest BCUT2D eigenvalue weighted by Crippen LogP contribution is 2.06. The summed E-state index contributed by atoms with van der Waals surface area (Å²) in [6.45, 7) is 7.85. The highest BCUT2D eigenvalue weighted by atomic mass is 16.5. The number of carbonyl (C=O) groups is 2. The van der Waals surface area contributed by atoms with Crippen molar-refractivity contribution in [2.24, 2.45) is 0 Å². The second-order valence-electron chi connectivity index (χ2n) is 4.92. The van der Waals surface area contributed by atoms with Crippen molar-refractivity contribution in [1.82, 2.24) is 5.32 Å². The van der Waals surface area contributed by atoms with Crippen LogP contribution in [0.2, 0.25) is 0 Å². The molecule has 0 spiro atoms. The van der Waals surface area contributed by atoms with Gasteiger partial charge in [-0.2, -0.15) is 0 Å². The topological polar surface area (TPSA) is 64.6 Å². The zero-order valence-electron chi connectivity index (χ0n) is 13.2. The van der Waals surface area contributed by atoms with Crippen molar-refractivity contribution >= 4 is 11.9 Å². The summed E-state index contributed by atoms with van der Waals surface area (Å²) in [7, 11) is 0. The maximum Gasteiger partial charge on any atom is 0.307 e. The van der Waals surface area contributed by atoms with Crippen molar-refractivity contribution in [3.05, 3.63) is 61.2 Å². The third-order valence-corrected chi connectivity index (χ3v) is 2.99. The number of rotatable bonds is 11. The van der Waals surface area contributed by atoms with Crippen molar-refractivity contribution < 1.29 is 19.1 Å². The Hall–Kier alpha value is -2.40. The lowest BCUT2D eigenvalue weighted by Crippen LogP contribution is -2.34. The fraction of sp³-hybridized carbons (Fsp3) is 0.333. The van der Waals surface area contributed by atoms with Gasteiger partial charge in [0.1, 0.15) is 13.2 Å². The molecule has 124 valence electrons. The van der Waals surface area contributed by atoms with E-state index in [0.29, 0.717) is 6.54 Å². The van der Waals surface area contributed by atoms with E-state index in [4.69, 9.17) is 9.47 Å². The van der Waals surface area contributed by atoms with Gasteiger partial charge < -0.3 is 14.8 Å². The summed E-state index contributed by atoms with van der Waals surface area (Å²) >= 11 is 0. The van der Waals surface area contributed by atoms with Crippen LogP contribution in [0.4, 0.5) is 0 Å². The molecule has 0 saturated heterocycles. The molecule has 5 heteroatoms. The van der Waals surface area contributed by atoms with Crippen LogP contribution in [0, 0.1) is 0 Å². The minimum absolute atomic E-state index is 0.0872. The first-order valence-electron chi connectivity index (χ1n) is 7.46. The van der Waals surface area contributed by atoms with Crippen molar-refractivity contribution in [2.45, 2.75) is 25.4 Å². The third-order valence-electron chi connectivity index (χ3n) is 2.99. The Morgan fingerprint density at radius 2 is 1.52 bits per heavy atom. The molecular weight excluding hydrogens is 294 g/mol. The first kappa shape index (κ1) is 18.6. The van der Waals surface area contributed by atoms with E-state index in [-0.39, 0.29) is 44.0 Å². The van der Waals surface area contributed by atoms with Gasteiger partial charge in [0.25, 0.3) is 0 Å². The fourth-order valence-corrected chi connectivity index (χ4v) is 1.90. The molecule has 0 aromatic heterocycles. The number of nitrogens with one attached hydrogen (secondary N) is 1. The average Bonchev–Trinajstić information content (AvgIpc) is 2.57. The number of ether oxygens (including phenoxy) is 2. The lowest BCUT2D eigenvalue weighted by atomic mass is 10.1. The van der Waals surface area contributed by atoms with Crippen LogP contribution in [0.1, 0.15) is 18.4 Å². The summed E-state index contributed by atoms with van der Waals surface area (Å²) in [4.78, 5) is 23.5. The number of hydrogen-bond acceptors (Lipinski definition) is 5. The lowest BCUT2D eigenvalue weighted by molar-refractivity contribution is -0.145. The quantitative estimate of drug-likeness (QED) is 0.501. The Bertz CT molecular complexity index is 487. The number of esters is 2. The Balaban J connectivity index is 2.55. The molecule has 0 aliphatic carbocycles. The van der Waals surface area contributed by atoms with Crippen LogP contribution in [0.15, 0.2) is 55.6 Å². The van der Waals surface area contributed by atoms with Crippen LogP contribution in [0.3, 0.4) is 0 Å². The standard InChI is InChI=1S/C18H23NO4/c1-3-10-22-17(20)12-16(13-18(21)23-11-4-2)19-14-15-8-6-5-7-9-15/h3-9,16,19H,1-2,10-14H2. The maximum absolute atomic E-state index is 11.7. The SMILES string of the molecule is C=CCOC(=O)CC(CC(=O)OCC=C)NCc1ccccc1. The van der Waals surface area contributed by atoms with E-state index in [0.717, 1.165) is 5.56 Å². The van der Waals surface area contributed by atoms with E-state index < -0.39 is 0 Å². The Labute approximate surface area is 137 Å². The van der Waals surface area contributed by atoms with E-state index in [9.17, 15) is 9.59 Å². The normalized spacial score (nSPS) is 10.1. The van der Waals surface area contributed by atoms with Crippen LogP contribution in [0.25, 0.3) is 0 Å². The van der Waals surface area contributed by atoms with Gasteiger partial charge in [-0.15, -0.1) is 0 Å². The third kappa shape index (κ3) is 8.58. The highest BCUT2D eigenvalue weighted by molar-refractivity contribution is 5.74. The molecule has 0 unspecified atom stereocenters. The largest absolute Gasteiger partial charge is 0.461 e. The fourth-order valence-electron chi connectivity index (χ4n) is 1.90. The highest BCUT2D eigenvalue weighted by Gasteiger charge is 2.19. The van der Waals surface area contributed by atoms with Gasteiger partial charge in [0.15, 0.2) is 0 Å². The zero-order valence-corrected chi connectivity index (χ0v) is 13.2. The molecule has 0 aliphatic heterocycles. The molecule has 5 nitrogen and oxygen atoms in total. The predicted octanol–water partition coefficient (Wildman–Crippen LogP) is 2.38. The molecule has 1 aromatic carbocycles. The molecule has 0 saturated carbocycles. The molecule has 23 heavy (non-hydrogen) atoms. The second kappa shape index (κ2) is 11.2. The van der Waals surface area contributed by atoms with E-state index in [2.05, 4.69) is 18.5 Å². The van der Waals surface area contributed by atoms with Crippen molar-refractivity contribution in [2.75, 3.05) is 13.2 Å². The number of carbonyl (C=O) groups excluding carboxylic acids is 2. The summed E-state index contributed by atoms with van der Waals surface area (Å²) in [5.74, 6) is -0.765. The summed E-state index contributed by atoms with van der Waals surface area (Å²) in [6, 6.07) is 9.38. The van der Waals surface area contributed by atoms with Gasteiger partial charge in [0.2, 0.25) is 0 Å². The number of hydrogen-bond donors (Lipinski definition) is 1. The molecule has 1 N–H and O–H groups in total. The summed E-state index contributed by atoms with van der Waals surface area (Å²) in [6.07, 6.45) is 3.18. The average molecular weight is 317 g/mol. The minimum Gasteiger partial charge on any atom is -0.461 e. The molecule has 0 atom stereocenters. The van der Waals surface area contributed by atoms with Gasteiger partial charge in [0, 0.05) is 12.6 Å². The molecule has 0 bridgehead atoms. The maximum atomic E-state index is 11.7. The molecule has 0 amide bonds. The molecule has 0 fully saturated rings. The summed E-state index contributed by atoms with van der Waals surface area (Å²) in [5, 5.41) is 3.20. The molecule has 0 radical (unpaired) electrons. The molecule has 1 aromatic rings. The Kier molecular flexibility index (Phi) is 9.09. The predicted molar refractivity (Wildman–Crippen MR) is 88.6 cm³/mol. The molecule has 1 rings (SSSR count). The van der Waals surface area contributed by atoms with Crippen LogP contribution >= 0.6 is 0 Å². The monoisotopic (exact) mass is 317 g/mol. The van der Waals surface area contributed by atoms with E-state index in [1.165, 1.54) is 12.2 Å². The van der Waals surface area contributed by atoms with Gasteiger partial charge in [-0.3, -0.25) is 9.59 Å². The van der Waals surface area contributed by atoms with Gasteiger partial charge >= 0.3 is 11.9 Å². The first-order valence-corrected chi connectivity index (χ1v) is 7.46. The second-order valence-corrected chi connectivity index (χ2v) is 4.92. The number of benzene rings is 1. The molecular formula is C18H23NO4. The van der Waals surface area contributed by atoms with Crippen molar-refractivity contribution in [1.29, 1.82) is 0 Å². The first-order chi connectivity index (χ1) is 11.2. The zero-order chi connectivity index (χ0) is 16.9. The Morgan fingerprint density at radius 1 is 1.00 bits per heavy atom. The summed E-state index contributed by atoms with van der Waals surface area (Å²) < 4.78 is 9.94. The van der Waals surface area contributed by atoms with Crippen molar-refractivity contribution in [3.8, 4) is 0 Å². The van der Waals surface area contributed by atoms with Gasteiger partial charge in [-0.1, -0.05) is 55.6 Å². The van der Waals surface area contributed by atoms with E-state index >= 15 is 0 Å². The lowest BCUT2D eigenvalue weighted by Gasteiger charge is -2.17. The van der Waals surface area contributed by atoms with Crippen LogP contribution in [-0.4, -0.2) is 31.2 Å². The summed E-state index contributed by atoms with van der Waals surface area (Å²) in [5.41, 5.74) is 1.07. The smallest absolute Gasteiger partial charge is 0.307 e. The molecule has 0 aliphatic rings. The van der Waals surface area contributed by atoms with Gasteiger partial charge in [-0.05, 0) is 5.56 Å². The van der Waals surface area contributed by atoms with Gasteiger partial charge in [0.05, 0.1) is 12.8 Å². The van der Waals surface area contributed by atoms with Crippen LogP contribution < -0.4 is 5.32 Å². The van der Waals surface area contributed by atoms with Crippen molar-refractivity contribution in [3.63, 3.8) is 0 Å². The van der Waals surface area contributed by atoms with E-state index in [1.54, 1.807) is 0 Å². The Morgan fingerprint density at radius 3 is 2.00 bits per heavy atom. The minimum atomic E-state index is -0.382. The van der Waals surface area contributed by atoms with Crippen LogP contribution in [0.5, 0.6) is 0 Å². The van der Waals surface area contributed by atoms with Crippen LogP contribution in [-0.2, 0) is 25.6 Å². The molecule has 0 heterocycles. The van der Waals surface area contributed by atoms with E-state index in [1.807, 2.05) is 30.3 Å².